The number of alkyl halides is 3. The Morgan fingerprint density at radius 1 is 0.950 bits per heavy atom. The van der Waals surface area contributed by atoms with Crippen molar-refractivity contribution in [3.63, 3.8) is 0 Å². The van der Waals surface area contributed by atoms with E-state index < -0.39 is 11.7 Å². The topological polar surface area (TPSA) is 110 Å². The predicted molar refractivity (Wildman–Crippen MR) is 149 cm³/mol. The molecule has 2 aromatic heterocycles. The van der Waals surface area contributed by atoms with Crippen molar-refractivity contribution in [2.24, 2.45) is 5.73 Å². The van der Waals surface area contributed by atoms with E-state index in [1.807, 2.05) is 0 Å². The van der Waals surface area contributed by atoms with Crippen LogP contribution in [-0.4, -0.2) is 14.3 Å². The number of nitriles is 1. The van der Waals surface area contributed by atoms with E-state index in [4.69, 9.17) is 10.5 Å². The van der Waals surface area contributed by atoms with Gasteiger partial charge in [0.05, 0.1) is 11.1 Å². The van der Waals surface area contributed by atoms with Gasteiger partial charge in [-0.2, -0.15) is 22.8 Å². The van der Waals surface area contributed by atoms with Crippen LogP contribution in [0.15, 0.2) is 90.3 Å². The first-order chi connectivity index (χ1) is 19.3. The quantitative estimate of drug-likeness (QED) is 0.183. The Bertz CT molecular complexity index is 1670. The Morgan fingerprint density at radius 2 is 1.75 bits per heavy atom. The lowest BCUT2D eigenvalue weighted by atomic mass is 9.95. The normalized spacial score (nSPS) is 11.2. The van der Waals surface area contributed by atoms with Crippen molar-refractivity contribution >= 4 is 28.6 Å². The van der Waals surface area contributed by atoms with Gasteiger partial charge in [0.25, 0.3) is 0 Å². The van der Waals surface area contributed by atoms with Gasteiger partial charge in [0.1, 0.15) is 23.9 Å². The van der Waals surface area contributed by atoms with Crippen LogP contribution >= 0.6 is 23.5 Å². The maximum Gasteiger partial charge on any atom is 0.416 e. The molecule has 0 fully saturated rings. The lowest BCUT2D eigenvalue weighted by molar-refractivity contribution is -0.137. The number of nitrogens with zero attached hydrogens (tertiary/aromatic N) is 4. The minimum Gasteiger partial charge on any atom is -0.455 e. The van der Waals surface area contributed by atoms with E-state index in [1.54, 1.807) is 67.0 Å². The van der Waals surface area contributed by atoms with Gasteiger partial charge < -0.3 is 15.2 Å². The number of halogens is 3. The van der Waals surface area contributed by atoms with Gasteiger partial charge in [-0.25, -0.2) is 4.98 Å². The second-order valence-corrected chi connectivity index (χ2v) is 10.0. The van der Waals surface area contributed by atoms with Gasteiger partial charge in [-0.15, -0.1) is 0 Å². The molecule has 0 amide bonds. The molecule has 0 aliphatic rings. The fraction of sp³-hybridized carbons (Fsp3) is 0.0714. The van der Waals surface area contributed by atoms with E-state index in [0.29, 0.717) is 44.4 Å². The van der Waals surface area contributed by atoms with Crippen LogP contribution in [0.1, 0.15) is 16.7 Å². The summed E-state index contributed by atoms with van der Waals surface area (Å²) in [6.45, 7) is -0.0310. The summed E-state index contributed by atoms with van der Waals surface area (Å²) in [5.41, 5.74) is 7.88. The molecule has 0 unspecified atom stereocenters. The Kier molecular flexibility index (Phi) is 7.97. The van der Waals surface area contributed by atoms with Gasteiger partial charge in [-0.1, -0.05) is 6.07 Å². The molecule has 5 aromatic rings. The third-order valence-electron chi connectivity index (χ3n) is 5.77. The zero-order chi connectivity index (χ0) is 28.1. The molecule has 200 valence electrons. The third-order valence-corrected chi connectivity index (χ3v) is 7.26. The van der Waals surface area contributed by atoms with Crippen LogP contribution in [0.25, 0.3) is 22.3 Å². The molecule has 0 atom stereocenters. The molecule has 3 N–H and O–H groups in total. The van der Waals surface area contributed by atoms with Gasteiger partial charge >= 0.3 is 6.18 Å². The van der Waals surface area contributed by atoms with Gasteiger partial charge in [0.15, 0.2) is 0 Å². The van der Waals surface area contributed by atoms with Crippen molar-refractivity contribution < 1.29 is 17.9 Å². The van der Waals surface area contributed by atoms with Crippen LogP contribution in [-0.2, 0) is 12.7 Å². The van der Waals surface area contributed by atoms with Gasteiger partial charge in [0, 0.05) is 40.9 Å². The number of pyridine rings is 1. The van der Waals surface area contributed by atoms with E-state index in [2.05, 4.69) is 25.1 Å². The largest absolute Gasteiger partial charge is 0.455 e. The van der Waals surface area contributed by atoms with Crippen LogP contribution in [0, 0.1) is 11.3 Å². The lowest BCUT2D eigenvalue weighted by Gasteiger charge is -2.16. The fourth-order valence-electron chi connectivity index (χ4n) is 3.88. The molecule has 3 aromatic carbocycles. The highest BCUT2D eigenvalue weighted by molar-refractivity contribution is 8.00. The summed E-state index contributed by atoms with van der Waals surface area (Å²) in [4.78, 5) is 8.89. The van der Waals surface area contributed by atoms with Crippen molar-refractivity contribution in [3.8, 4) is 39.8 Å². The Labute approximate surface area is 235 Å². The SMILES string of the molecule is N#Cc1cc(SNc2ncns2)ccc1Oc1ccc(-c2cc(CN)cc(C(F)(F)F)c2)cc1-c1ccncc1. The number of nitrogens with one attached hydrogen (secondary N) is 1. The first kappa shape index (κ1) is 27.1. The monoisotopic (exact) mass is 576 g/mol. The molecule has 2 heterocycles. The summed E-state index contributed by atoms with van der Waals surface area (Å²) in [5, 5.41) is 10.4. The van der Waals surface area contributed by atoms with Crippen LogP contribution in [0.2, 0.25) is 0 Å². The van der Waals surface area contributed by atoms with Crippen molar-refractivity contribution in [1.29, 1.82) is 5.26 Å². The molecule has 5 rings (SSSR count). The zero-order valence-corrected chi connectivity index (χ0v) is 22.1. The highest BCUT2D eigenvalue weighted by atomic mass is 32.2. The smallest absolute Gasteiger partial charge is 0.416 e. The maximum absolute atomic E-state index is 13.6. The van der Waals surface area contributed by atoms with Crippen molar-refractivity contribution in [2.75, 3.05) is 4.72 Å². The van der Waals surface area contributed by atoms with Crippen molar-refractivity contribution in [3.05, 3.63) is 102 Å². The van der Waals surface area contributed by atoms with Crippen LogP contribution in [0.4, 0.5) is 18.3 Å². The summed E-state index contributed by atoms with van der Waals surface area (Å²) in [6.07, 6.45) is 0.156. The molecule has 40 heavy (non-hydrogen) atoms. The number of aromatic nitrogens is 3. The summed E-state index contributed by atoms with van der Waals surface area (Å²) in [7, 11) is 0. The number of benzene rings is 3. The molecule has 0 aliphatic carbocycles. The van der Waals surface area contributed by atoms with Gasteiger partial charge in [0.2, 0.25) is 5.13 Å². The molecule has 12 heteroatoms. The predicted octanol–water partition coefficient (Wildman–Crippen LogP) is 7.53. The minimum atomic E-state index is -4.51. The van der Waals surface area contributed by atoms with E-state index >= 15 is 0 Å². The molecule has 0 saturated heterocycles. The number of rotatable bonds is 8. The summed E-state index contributed by atoms with van der Waals surface area (Å²) in [5.74, 6) is 0.750. The van der Waals surface area contributed by atoms with Crippen LogP contribution < -0.4 is 15.2 Å². The number of anilines is 1. The van der Waals surface area contributed by atoms with Crippen LogP contribution in [0.5, 0.6) is 11.5 Å². The Hall–Kier alpha value is -4.44. The summed E-state index contributed by atoms with van der Waals surface area (Å²) in [6, 6.07) is 19.8. The molecular formula is C28H19F3N6OS2. The molecule has 0 bridgehead atoms. The Morgan fingerprint density at radius 3 is 2.45 bits per heavy atom. The average Bonchev–Trinajstić information content (AvgIpc) is 3.50. The van der Waals surface area contributed by atoms with Crippen LogP contribution in [0.3, 0.4) is 0 Å². The summed E-state index contributed by atoms with van der Waals surface area (Å²) < 4.78 is 53.9. The maximum atomic E-state index is 13.6. The second-order valence-electron chi connectivity index (χ2n) is 8.39. The number of nitrogens with two attached hydrogens (primary N) is 1. The lowest BCUT2D eigenvalue weighted by Crippen LogP contribution is -2.07. The first-order valence-electron chi connectivity index (χ1n) is 11.7. The standard InChI is InChI=1S/C28H19F3N6OS2/c29-28(30,31)22-10-17(14-32)9-20(11-22)19-1-3-26(24(13-19)18-5-7-34-8-6-18)38-25-4-2-23(12-21(25)15-33)39-37-27-35-16-36-40-27/h1-13,16H,14,32H2,(H,35,36,37). The van der Waals surface area contributed by atoms with E-state index in [-0.39, 0.29) is 6.54 Å². The highest BCUT2D eigenvalue weighted by Gasteiger charge is 2.31. The van der Waals surface area contributed by atoms with E-state index in [9.17, 15) is 18.4 Å². The van der Waals surface area contributed by atoms with Gasteiger partial charge in [-0.3, -0.25) is 4.98 Å². The van der Waals surface area contributed by atoms with Gasteiger partial charge in [-0.05, 0) is 94.9 Å². The highest BCUT2D eigenvalue weighted by Crippen LogP contribution is 2.40. The molecule has 0 spiro atoms. The molecular weight excluding hydrogens is 557 g/mol. The van der Waals surface area contributed by atoms with Crippen molar-refractivity contribution in [2.45, 2.75) is 17.6 Å². The Balaban J connectivity index is 1.51. The number of hydrogen-bond donors (Lipinski definition) is 2. The first-order valence-corrected chi connectivity index (χ1v) is 13.3. The summed E-state index contributed by atoms with van der Waals surface area (Å²) >= 11 is 2.49. The number of ether oxygens (including phenoxy) is 1. The second kappa shape index (κ2) is 11.7. The van der Waals surface area contributed by atoms with E-state index in [0.717, 1.165) is 22.6 Å². The molecule has 0 radical (unpaired) electrons. The zero-order valence-electron chi connectivity index (χ0n) is 20.5. The molecule has 0 aliphatic heterocycles. The van der Waals surface area contributed by atoms with E-state index in [1.165, 1.54) is 29.8 Å². The fourth-order valence-corrected chi connectivity index (χ4v) is 5.02. The third kappa shape index (κ3) is 6.23. The van der Waals surface area contributed by atoms with Crippen molar-refractivity contribution in [1.82, 2.24) is 14.3 Å². The average molecular weight is 577 g/mol. The minimum absolute atomic E-state index is 0.0310. The molecule has 7 nitrogen and oxygen atoms in total. The number of hydrogen-bond acceptors (Lipinski definition) is 9. The molecule has 0 saturated carbocycles.